The highest BCUT2D eigenvalue weighted by Gasteiger charge is 2.29. The molecule has 0 spiro atoms. The van der Waals surface area contributed by atoms with E-state index in [1.165, 1.54) is 16.0 Å². The Hall–Kier alpha value is -4.02. The zero-order valence-corrected chi connectivity index (χ0v) is 25.1. The molecule has 2 heterocycles. The normalized spacial score (nSPS) is 15.8. The first-order valence-corrected chi connectivity index (χ1v) is 15.2. The van der Waals surface area contributed by atoms with Gasteiger partial charge in [-0.05, 0) is 63.4 Å². The highest BCUT2D eigenvalue weighted by Crippen LogP contribution is 2.27. The van der Waals surface area contributed by atoms with E-state index >= 15 is 0 Å². The number of amides is 3. The molecular weight excluding hydrogens is 542 g/mol. The fourth-order valence-electron chi connectivity index (χ4n) is 5.88. The molecule has 1 unspecified atom stereocenters. The van der Waals surface area contributed by atoms with Gasteiger partial charge in [0.15, 0.2) is 0 Å². The Labute approximate surface area is 254 Å². The Bertz CT molecular complexity index is 1230. The zero-order valence-electron chi connectivity index (χ0n) is 25.1. The van der Waals surface area contributed by atoms with Crippen molar-refractivity contribution in [3.8, 4) is 0 Å². The molecule has 4 rings (SSSR count). The van der Waals surface area contributed by atoms with Crippen molar-refractivity contribution in [3.05, 3.63) is 90.5 Å². The van der Waals surface area contributed by atoms with Crippen LogP contribution in [0, 0.1) is 0 Å². The van der Waals surface area contributed by atoms with Crippen LogP contribution >= 0.6 is 0 Å². The van der Waals surface area contributed by atoms with E-state index in [1.807, 2.05) is 41.0 Å². The number of rotatable bonds is 17. The first-order chi connectivity index (χ1) is 20.9. The SMILES string of the molecule is CN1CCC[C@H]1CCC(NC(=O)CNCCC(c1ccccc1)c1ccccc1)C(=O)N(CCn1ccnc1)CC(N)=O. The molecule has 1 aliphatic heterocycles. The Kier molecular flexibility index (Phi) is 12.3. The van der Waals surface area contributed by atoms with Crippen molar-refractivity contribution in [1.82, 2.24) is 30.0 Å². The summed E-state index contributed by atoms with van der Waals surface area (Å²) in [7, 11) is 2.10. The number of nitrogens with two attached hydrogens (primary N) is 1. The van der Waals surface area contributed by atoms with Gasteiger partial charge >= 0.3 is 0 Å². The maximum atomic E-state index is 13.7. The number of hydrogen-bond acceptors (Lipinski definition) is 6. The van der Waals surface area contributed by atoms with Crippen LogP contribution in [-0.2, 0) is 20.9 Å². The minimum absolute atomic E-state index is 0.0915. The Morgan fingerprint density at radius 2 is 1.74 bits per heavy atom. The summed E-state index contributed by atoms with van der Waals surface area (Å²) in [5.74, 6) is -0.926. The molecule has 0 bridgehead atoms. The first-order valence-electron chi connectivity index (χ1n) is 15.2. The van der Waals surface area contributed by atoms with E-state index in [2.05, 4.69) is 51.8 Å². The second-order valence-electron chi connectivity index (χ2n) is 11.3. The molecule has 43 heavy (non-hydrogen) atoms. The molecule has 1 aliphatic rings. The summed E-state index contributed by atoms with van der Waals surface area (Å²) in [5.41, 5.74) is 7.97. The van der Waals surface area contributed by atoms with Crippen LogP contribution in [0.2, 0.25) is 0 Å². The fourth-order valence-corrected chi connectivity index (χ4v) is 5.88. The fraction of sp³-hybridized carbons (Fsp3) is 0.455. The number of likely N-dealkylation sites (tertiary alicyclic amines) is 1. The number of nitrogens with zero attached hydrogens (tertiary/aromatic N) is 4. The van der Waals surface area contributed by atoms with E-state index in [9.17, 15) is 14.4 Å². The quantitative estimate of drug-likeness (QED) is 0.208. The van der Waals surface area contributed by atoms with E-state index in [1.54, 1.807) is 18.7 Å². The van der Waals surface area contributed by atoms with Gasteiger partial charge < -0.3 is 30.7 Å². The summed E-state index contributed by atoms with van der Waals surface area (Å²) in [6.45, 7) is 2.30. The first kappa shape index (κ1) is 31.9. The Morgan fingerprint density at radius 3 is 2.33 bits per heavy atom. The number of carbonyl (C=O) groups is 3. The third-order valence-corrected chi connectivity index (χ3v) is 8.24. The standard InChI is InChI=1S/C33H45N7O3/c1-38-19-8-13-28(38)14-15-30(33(43)40(24-31(34)41)22-21-39-20-18-36-25-39)37-32(42)23-35-17-16-29(26-9-4-2-5-10-26)27-11-6-3-7-12-27/h2-7,9-12,18,20,25,28-30,35H,8,13-17,19,21-24H2,1H3,(H2,34,41)(H,37,42)/t28-,30?/m0/s1. The third kappa shape index (κ3) is 10.0. The molecule has 4 N–H and O–H groups in total. The van der Waals surface area contributed by atoms with E-state index in [-0.39, 0.29) is 37.4 Å². The summed E-state index contributed by atoms with van der Waals surface area (Å²) in [4.78, 5) is 46.5. The summed E-state index contributed by atoms with van der Waals surface area (Å²) in [5, 5.41) is 6.25. The van der Waals surface area contributed by atoms with E-state index < -0.39 is 11.9 Å². The molecule has 0 saturated carbocycles. The van der Waals surface area contributed by atoms with Crippen LogP contribution in [0.15, 0.2) is 79.4 Å². The largest absolute Gasteiger partial charge is 0.368 e. The molecule has 0 radical (unpaired) electrons. The van der Waals surface area contributed by atoms with Gasteiger partial charge in [-0.1, -0.05) is 60.7 Å². The van der Waals surface area contributed by atoms with Crippen molar-refractivity contribution in [1.29, 1.82) is 0 Å². The minimum atomic E-state index is -0.744. The molecule has 1 saturated heterocycles. The number of hydrogen-bond donors (Lipinski definition) is 3. The summed E-state index contributed by atoms with van der Waals surface area (Å²) >= 11 is 0. The smallest absolute Gasteiger partial charge is 0.245 e. The highest BCUT2D eigenvalue weighted by molar-refractivity contribution is 5.90. The predicted octanol–water partition coefficient (Wildman–Crippen LogP) is 2.37. The highest BCUT2D eigenvalue weighted by atomic mass is 16.2. The van der Waals surface area contributed by atoms with Crippen LogP contribution in [0.3, 0.4) is 0 Å². The molecule has 230 valence electrons. The second kappa shape index (κ2) is 16.6. The molecule has 3 amide bonds. The summed E-state index contributed by atoms with van der Waals surface area (Å²) in [6.07, 6.45) is 9.41. The lowest BCUT2D eigenvalue weighted by Crippen LogP contribution is -2.53. The molecule has 2 atom stereocenters. The van der Waals surface area contributed by atoms with Crippen LogP contribution in [0.4, 0.5) is 0 Å². The minimum Gasteiger partial charge on any atom is -0.368 e. The number of benzene rings is 2. The van der Waals surface area contributed by atoms with Crippen molar-refractivity contribution in [2.75, 3.05) is 39.8 Å². The number of nitrogens with one attached hydrogen (secondary N) is 2. The van der Waals surface area contributed by atoms with Crippen LogP contribution in [0.1, 0.15) is 49.1 Å². The van der Waals surface area contributed by atoms with Gasteiger partial charge in [0.1, 0.15) is 6.04 Å². The summed E-state index contributed by atoms with van der Waals surface area (Å²) in [6, 6.07) is 20.4. The lowest BCUT2D eigenvalue weighted by atomic mass is 9.88. The van der Waals surface area contributed by atoms with Crippen LogP contribution in [0.25, 0.3) is 0 Å². The Balaban J connectivity index is 1.36. The van der Waals surface area contributed by atoms with Crippen molar-refractivity contribution in [2.24, 2.45) is 5.73 Å². The van der Waals surface area contributed by atoms with E-state index in [4.69, 9.17) is 5.73 Å². The van der Waals surface area contributed by atoms with Gasteiger partial charge in [-0.25, -0.2) is 4.98 Å². The van der Waals surface area contributed by atoms with Gasteiger partial charge in [-0.15, -0.1) is 0 Å². The molecular formula is C33H45N7O3. The average Bonchev–Trinajstić information content (AvgIpc) is 3.69. The number of aromatic nitrogens is 2. The van der Waals surface area contributed by atoms with Gasteiger partial charge in [-0.3, -0.25) is 14.4 Å². The molecule has 10 nitrogen and oxygen atoms in total. The Morgan fingerprint density at radius 1 is 1.05 bits per heavy atom. The maximum Gasteiger partial charge on any atom is 0.245 e. The lowest BCUT2D eigenvalue weighted by Gasteiger charge is -2.29. The number of imidazole rings is 1. The maximum absolute atomic E-state index is 13.7. The van der Waals surface area contributed by atoms with Crippen molar-refractivity contribution in [3.63, 3.8) is 0 Å². The van der Waals surface area contributed by atoms with E-state index in [0.717, 1.165) is 32.2 Å². The number of primary amides is 1. The topological polar surface area (TPSA) is 126 Å². The monoisotopic (exact) mass is 587 g/mol. The van der Waals surface area contributed by atoms with Gasteiger partial charge in [0, 0.05) is 37.4 Å². The molecule has 3 aromatic rings. The van der Waals surface area contributed by atoms with Gasteiger partial charge in [0.25, 0.3) is 0 Å². The third-order valence-electron chi connectivity index (χ3n) is 8.24. The van der Waals surface area contributed by atoms with Crippen molar-refractivity contribution >= 4 is 17.7 Å². The lowest BCUT2D eigenvalue weighted by molar-refractivity contribution is -0.139. The van der Waals surface area contributed by atoms with Gasteiger partial charge in [0.05, 0.1) is 19.4 Å². The molecule has 10 heteroatoms. The van der Waals surface area contributed by atoms with Gasteiger partial charge in [0.2, 0.25) is 17.7 Å². The van der Waals surface area contributed by atoms with Crippen LogP contribution in [0.5, 0.6) is 0 Å². The second-order valence-corrected chi connectivity index (χ2v) is 11.3. The summed E-state index contributed by atoms with van der Waals surface area (Å²) < 4.78 is 1.84. The van der Waals surface area contributed by atoms with Crippen LogP contribution in [-0.4, -0.2) is 88.9 Å². The molecule has 0 aliphatic carbocycles. The molecule has 1 fully saturated rings. The van der Waals surface area contributed by atoms with E-state index in [0.29, 0.717) is 25.6 Å². The van der Waals surface area contributed by atoms with Crippen LogP contribution < -0.4 is 16.4 Å². The zero-order chi connectivity index (χ0) is 30.4. The molecule has 2 aromatic carbocycles. The van der Waals surface area contributed by atoms with Crippen molar-refractivity contribution < 1.29 is 14.4 Å². The van der Waals surface area contributed by atoms with Gasteiger partial charge in [-0.2, -0.15) is 0 Å². The average molecular weight is 588 g/mol. The number of carbonyl (C=O) groups excluding carboxylic acids is 3. The van der Waals surface area contributed by atoms with Crippen molar-refractivity contribution in [2.45, 2.75) is 56.7 Å². The molecule has 1 aromatic heterocycles. The predicted molar refractivity (Wildman–Crippen MR) is 167 cm³/mol.